The molecule has 0 unspecified atom stereocenters. The molecule has 24 heavy (non-hydrogen) atoms. The Morgan fingerprint density at radius 2 is 2.33 bits per heavy atom. The molecule has 0 spiro atoms. The van der Waals surface area contributed by atoms with Crippen molar-refractivity contribution in [1.29, 1.82) is 0 Å². The lowest BCUT2D eigenvalue weighted by Gasteiger charge is -2.30. The Balaban J connectivity index is 1.76. The minimum Gasteiger partial charge on any atom is -0.388 e. The summed E-state index contributed by atoms with van der Waals surface area (Å²) in [5.74, 6) is 0.760. The van der Waals surface area contributed by atoms with Crippen LogP contribution < -0.4 is 5.32 Å². The Kier molecular flexibility index (Phi) is 3.80. The summed E-state index contributed by atoms with van der Waals surface area (Å²) < 4.78 is 7.69. The van der Waals surface area contributed by atoms with Crippen LogP contribution in [0.4, 0.5) is 0 Å². The van der Waals surface area contributed by atoms with E-state index >= 15 is 0 Å². The predicted octanol–water partition coefficient (Wildman–Crippen LogP) is 0.634. The lowest BCUT2D eigenvalue weighted by atomic mass is 9.94. The number of aliphatic hydroxyl groups excluding tert-OH is 1. The third-order valence-corrected chi connectivity index (χ3v) is 5.40. The average molecular weight is 348 g/mol. The zero-order valence-corrected chi connectivity index (χ0v) is 14.9. The molecule has 0 amide bonds. The summed E-state index contributed by atoms with van der Waals surface area (Å²) in [4.78, 5) is 11.5. The summed E-state index contributed by atoms with van der Waals surface area (Å²) in [5, 5.41) is 17.0. The Morgan fingerprint density at radius 3 is 3.12 bits per heavy atom. The SMILES string of the molecule is C[C@@H](O)C[NH2+]Cc1nc2c3c4c(sc3ncn2n1)COC(C)(C)C4. The first kappa shape index (κ1) is 15.9. The van der Waals surface area contributed by atoms with E-state index in [1.807, 2.05) is 5.32 Å². The molecule has 3 N–H and O–H groups in total. The van der Waals surface area contributed by atoms with Gasteiger partial charge in [0, 0.05) is 11.3 Å². The van der Waals surface area contributed by atoms with Gasteiger partial charge < -0.3 is 15.2 Å². The molecule has 0 aliphatic carbocycles. The Bertz CT molecular complexity index is 899. The largest absolute Gasteiger partial charge is 0.388 e. The van der Waals surface area contributed by atoms with Gasteiger partial charge >= 0.3 is 0 Å². The second-order valence-corrected chi connectivity index (χ2v) is 8.11. The molecule has 3 aromatic rings. The number of hydrogen-bond acceptors (Lipinski definition) is 6. The molecule has 128 valence electrons. The van der Waals surface area contributed by atoms with Crippen molar-refractivity contribution in [1.82, 2.24) is 19.6 Å². The van der Waals surface area contributed by atoms with Crippen molar-refractivity contribution in [2.75, 3.05) is 6.54 Å². The van der Waals surface area contributed by atoms with Crippen LogP contribution in [0.1, 0.15) is 37.0 Å². The van der Waals surface area contributed by atoms with Gasteiger partial charge in [-0.15, -0.1) is 16.4 Å². The standard InChI is InChI=1S/C16H21N5O2S/c1-9(22)5-17-6-12-19-14-13-10-4-16(2,3)23-7-11(10)24-15(13)18-8-21(14)20-12/h8-9,17,22H,4-7H2,1-3H3/p+1/t9-/m1/s1. The zero-order chi connectivity index (χ0) is 16.9. The number of fused-ring (bicyclic) bond motifs is 5. The molecule has 3 aromatic heterocycles. The fourth-order valence-corrected chi connectivity index (χ4v) is 4.19. The van der Waals surface area contributed by atoms with Crippen molar-refractivity contribution in [3.05, 3.63) is 22.6 Å². The molecule has 0 fully saturated rings. The quantitative estimate of drug-likeness (QED) is 0.722. The summed E-state index contributed by atoms with van der Waals surface area (Å²) in [6.07, 6.45) is 2.26. The van der Waals surface area contributed by atoms with Crippen LogP contribution in [0, 0.1) is 0 Å². The molecular formula is C16H22N5O2S+. The van der Waals surface area contributed by atoms with Gasteiger partial charge in [0.2, 0.25) is 5.82 Å². The number of thiophene rings is 1. The Labute approximate surface area is 143 Å². The van der Waals surface area contributed by atoms with Gasteiger partial charge in [-0.25, -0.2) is 14.5 Å². The number of hydrogen-bond donors (Lipinski definition) is 2. The van der Waals surface area contributed by atoms with E-state index in [0.717, 1.165) is 28.1 Å². The van der Waals surface area contributed by atoms with Crippen molar-refractivity contribution >= 4 is 27.2 Å². The van der Waals surface area contributed by atoms with E-state index in [1.54, 1.807) is 29.1 Å². The van der Waals surface area contributed by atoms with Crippen LogP contribution in [-0.4, -0.2) is 42.9 Å². The highest BCUT2D eigenvalue weighted by atomic mass is 32.1. The lowest BCUT2D eigenvalue weighted by molar-refractivity contribution is -0.677. The number of quaternary nitrogens is 1. The molecule has 8 heteroatoms. The maximum Gasteiger partial charge on any atom is 0.206 e. The molecule has 0 bridgehead atoms. The van der Waals surface area contributed by atoms with Gasteiger partial charge in [0.25, 0.3) is 0 Å². The number of ether oxygens (including phenoxy) is 1. The summed E-state index contributed by atoms with van der Waals surface area (Å²) in [5.41, 5.74) is 2.01. The summed E-state index contributed by atoms with van der Waals surface area (Å²) in [6.45, 7) is 7.94. The molecule has 1 aliphatic rings. The van der Waals surface area contributed by atoms with E-state index in [2.05, 4.69) is 23.9 Å². The van der Waals surface area contributed by atoms with E-state index in [1.165, 1.54) is 10.4 Å². The van der Waals surface area contributed by atoms with Crippen LogP contribution in [0.2, 0.25) is 0 Å². The predicted molar refractivity (Wildman–Crippen MR) is 90.9 cm³/mol. The average Bonchev–Trinajstić information content (AvgIpc) is 3.05. The Morgan fingerprint density at radius 1 is 1.50 bits per heavy atom. The molecule has 4 heterocycles. The summed E-state index contributed by atoms with van der Waals surface area (Å²) in [6, 6.07) is 0. The first-order valence-electron chi connectivity index (χ1n) is 8.21. The van der Waals surface area contributed by atoms with Gasteiger partial charge in [-0.2, -0.15) is 0 Å². The van der Waals surface area contributed by atoms with Crippen LogP contribution in [0.15, 0.2) is 6.33 Å². The minimum absolute atomic E-state index is 0.165. The molecule has 1 atom stereocenters. The highest BCUT2D eigenvalue weighted by molar-refractivity contribution is 7.19. The second kappa shape index (κ2) is 5.73. The number of rotatable bonds is 4. The van der Waals surface area contributed by atoms with Crippen molar-refractivity contribution < 1.29 is 15.2 Å². The topological polar surface area (TPSA) is 89.2 Å². The summed E-state index contributed by atoms with van der Waals surface area (Å²) >= 11 is 1.69. The third-order valence-electron chi connectivity index (χ3n) is 4.29. The molecule has 0 saturated heterocycles. The van der Waals surface area contributed by atoms with Gasteiger partial charge in [0.1, 0.15) is 24.2 Å². The first-order valence-corrected chi connectivity index (χ1v) is 9.03. The van der Waals surface area contributed by atoms with E-state index in [0.29, 0.717) is 19.7 Å². The highest BCUT2D eigenvalue weighted by Gasteiger charge is 2.30. The van der Waals surface area contributed by atoms with Crippen LogP contribution in [0.25, 0.3) is 15.9 Å². The number of aliphatic hydroxyl groups is 1. The zero-order valence-electron chi connectivity index (χ0n) is 14.1. The second-order valence-electron chi connectivity index (χ2n) is 7.03. The molecule has 1 aliphatic heterocycles. The van der Waals surface area contributed by atoms with Gasteiger partial charge in [0.05, 0.1) is 23.7 Å². The van der Waals surface area contributed by atoms with Crippen LogP contribution in [0.5, 0.6) is 0 Å². The van der Waals surface area contributed by atoms with E-state index in [4.69, 9.17) is 9.72 Å². The minimum atomic E-state index is -0.332. The number of aromatic nitrogens is 4. The summed E-state index contributed by atoms with van der Waals surface area (Å²) in [7, 11) is 0. The monoisotopic (exact) mass is 348 g/mol. The normalized spacial score (nSPS) is 18.2. The molecule has 7 nitrogen and oxygen atoms in total. The van der Waals surface area contributed by atoms with Crippen LogP contribution in [-0.2, 0) is 24.3 Å². The van der Waals surface area contributed by atoms with Crippen molar-refractivity contribution in [3.8, 4) is 0 Å². The third kappa shape index (κ3) is 2.79. The number of nitrogens with two attached hydrogens (primary N) is 1. The molecule has 0 aromatic carbocycles. The molecular weight excluding hydrogens is 326 g/mol. The maximum absolute atomic E-state index is 9.37. The lowest BCUT2D eigenvalue weighted by Crippen LogP contribution is -2.84. The molecule has 0 saturated carbocycles. The Hall–Kier alpha value is -1.61. The van der Waals surface area contributed by atoms with E-state index in [-0.39, 0.29) is 11.7 Å². The highest BCUT2D eigenvalue weighted by Crippen LogP contribution is 2.39. The van der Waals surface area contributed by atoms with Crippen molar-refractivity contribution in [3.63, 3.8) is 0 Å². The van der Waals surface area contributed by atoms with Gasteiger partial charge in [-0.05, 0) is 26.3 Å². The smallest absolute Gasteiger partial charge is 0.206 e. The van der Waals surface area contributed by atoms with Gasteiger partial charge in [-0.3, -0.25) is 0 Å². The molecule has 4 rings (SSSR count). The first-order chi connectivity index (χ1) is 11.4. The van der Waals surface area contributed by atoms with Crippen LogP contribution in [0.3, 0.4) is 0 Å². The van der Waals surface area contributed by atoms with Crippen molar-refractivity contribution in [2.24, 2.45) is 0 Å². The van der Waals surface area contributed by atoms with Crippen molar-refractivity contribution in [2.45, 2.75) is 52.0 Å². The molecule has 0 radical (unpaired) electrons. The fourth-order valence-electron chi connectivity index (χ4n) is 3.13. The van der Waals surface area contributed by atoms with Gasteiger partial charge in [0.15, 0.2) is 5.65 Å². The van der Waals surface area contributed by atoms with Crippen LogP contribution >= 0.6 is 11.3 Å². The fraction of sp³-hybridized carbons (Fsp3) is 0.562. The van der Waals surface area contributed by atoms with E-state index < -0.39 is 0 Å². The number of nitrogens with zero attached hydrogens (tertiary/aromatic N) is 4. The maximum atomic E-state index is 9.37. The van der Waals surface area contributed by atoms with E-state index in [9.17, 15) is 5.11 Å². The van der Waals surface area contributed by atoms with Gasteiger partial charge in [-0.1, -0.05) is 0 Å².